The number of hydrogen-bond donors (Lipinski definition) is 4. The number of nitrogens with zero attached hydrogens (tertiary/aromatic N) is 1. The van der Waals surface area contributed by atoms with Crippen molar-refractivity contribution < 1.29 is 27.4 Å². The molecule has 0 aliphatic carbocycles. The van der Waals surface area contributed by atoms with E-state index in [2.05, 4.69) is 20.4 Å². The highest BCUT2D eigenvalue weighted by Gasteiger charge is 2.26. The molecule has 4 rings (SSSR count). The molecule has 1 aromatic heterocycles. The maximum Gasteiger partial charge on any atom is 0.407 e. The number of carbonyl (C=O) groups excluding carboxylic acids is 2. The second-order valence-electron chi connectivity index (χ2n) is 8.82. The van der Waals surface area contributed by atoms with Crippen LogP contribution in [0.25, 0.3) is 11.3 Å². The third-order valence-electron chi connectivity index (χ3n) is 5.98. The number of hydrogen-bond acceptors (Lipinski definition) is 8. The molecule has 0 fully saturated rings. The largest absolute Gasteiger partial charge is 0.453 e. The number of thiazole rings is 1. The Hall–Kier alpha value is -3.81. The van der Waals surface area contributed by atoms with Crippen LogP contribution in [-0.4, -0.2) is 38.9 Å². The number of halogens is 1. The maximum absolute atomic E-state index is 13.6. The van der Waals surface area contributed by atoms with E-state index in [9.17, 15) is 13.8 Å². The van der Waals surface area contributed by atoms with Crippen LogP contribution in [0.15, 0.2) is 84.2 Å². The quantitative estimate of drug-likeness (QED) is 0.124. The summed E-state index contributed by atoms with van der Waals surface area (Å²) in [4.78, 5) is 30.5. The van der Waals surface area contributed by atoms with Gasteiger partial charge in [0.15, 0.2) is 0 Å². The van der Waals surface area contributed by atoms with Gasteiger partial charge in [-0.25, -0.2) is 15.3 Å². The molecular weight excluding hydrogens is 588 g/mol. The van der Waals surface area contributed by atoms with Crippen molar-refractivity contribution in [1.29, 1.82) is 0 Å². The number of amides is 2. The van der Waals surface area contributed by atoms with Gasteiger partial charge in [0.05, 0.1) is 24.5 Å². The first-order valence-electron chi connectivity index (χ1n) is 12.3. The molecule has 13 heteroatoms. The number of methoxy groups -OCH3 is 1. The molecule has 214 valence electrons. The predicted molar refractivity (Wildman–Crippen MR) is 159 cm³/mol. The number of anilines is 1. The molecular formula is C28H27ClN4O6S2. The molecule has 0 bridgehead atoms. The molecule has 41 heavy (non-hydrogen) atoms. The van der Waals surface area contributed by atoms with Crippen molar-refractivity contribution in [3.05, 3.63) is 105 Å². The Labute approximate surface area is 248 Å². The zero-order valence-corrected chi connectivity index (χ0v) is 24.2. The van der Waals surface area contributed by atoms with Gasteiger partial charge in [0.25, 0.3) is 0 Å². The molecule has 0 saturated carbocycles. The van der Waals surface area contributed by atoms with Gasteiger partial charge in [0, 0.05) is 22.4 Å². The number of rotatable bonds is 12. The number of benzene rings is 3. The van der Waals surface area contributed by atoms with Crippen molar-refractivity contribution in [2.75, 3.05) is 12.6 Å². The molecule has 1 unspecified atom stereocenters. The Morgan fingerprint density at radius 3 is 2.32 bits per heavy atom. The second-order valence-corrected chi connectivity index (χ2v) is 10.7. The fourth-order valence-electron chi connectivity index (χ4n) is 3.96. The van der Waals surface area contributed by atoms with Crippen molar-refractivity contribution in [2.45, 2.75) is 24.9 Å². The summed E-state index contributed by atoms with van der Waals surface area (Å²) in [5.74, 6) is -0.399. The van der Waals surface area contributed by atoms with Gasteiger partial charge in [0.1, 0.15) is 11.0 Å². The zero-order valence-electron chi connectivity index (χ0n) is 21.8. The fraction of sp³-hybridized carbons (Fsp3) is 0.179. The predicted octanol–water partition coefficient (Wildman–Crippen LogP) is 5.31. The van der Waals surface area contributed by atoms with E-state index in [4.69, 9.17) is 25.9 Å². The summed E-state index contributed by atoms with van der Waals surface area (Å²) in [7, 11) is 1.24. The Morgan fingerprint density at radius 2 is 1.66 bits per heavy atom. The summed E-state index contributed by atoms with van der Waals surface area (Å²) < 4.78 is 28.8. The lowest BCUT2D eigenvalue weighted by Gasteiger charge is -2.22. The average Bonchev–Trinajstić information content (AvgIpc) is 3.47. The topological polar surface area (TPSA) is 139 Å². The molecule has 3 aromatic carbocycles. The van der Waals surface area contributed by atoms with Crippen molar-refractivity contribution in [3.63, 3.8) is 0 Å². The number of nitrogens with one attached hydrogen (secondary N) is 3. The second kappa shape index (κ2) is 14.7. The van der Waals surface area contributed by atoms with Crippen LogP contribution in [0, 0.1) is 0 Å². The monoisotopic (exact) mass is 614 g/mol. The summed E-state index contributed by atoms with van der Waals surface area (Å²) in [6, 6.07) is 22.2. The molecule has 4 N–H and O–H groups in total. The van der Waals surface area contributed by atoms with Gasteiger partial charge in [0.2, 0.25) is 5.91 Å². The van der Waals surface area contributed by atoms with E-state index in [1.807, 2.05) is 47.8 Å². The van der Waals surface area contributed by atoms with Crippen molar-refractivity contribution in [3.8, 4) is 11.3 Å². The Kier molecular flexibility index (Phi) is 10.8. The first kappa shape index (κ1) is 30.2. The normalized spacial score (nSPS) is 13.0. The summed E-state index contributed by atoms with van der Waals surface area (Å²) in [5, 5.41) is 8.89. The number of aromatic nitrogens is 1. The molecule has 10 nitrogen and oxygen atoms in total. The third-order valence-corrected chi connectivity index (χ3v) is 7.41. The lowest BCUT2D eigenvalue weighted by Crippen LogP contribution is -2.49. The summed E-state index contributed by atoms with van der Waals surface area (Å²) in [5.41, 5.74) is 6.20. The molecule has 3 atom stereocenters. The van der Waals surface area contributed by atoms with E-state index in [0.29, 0.717) is 22.1 Å². The van der Waals surface area contributed by atoms with E-state index in [0.717, 1.165) is 22.4 Å². The smallest absolute Gasteiger partial charge is 0.407 e. The summed E-state index contributed by atoms with van der Waals surface area (Å²) >= 11 is 4.98. The highest BCUT2D eigenvalue weighted by Crippen LogP contribution is 2.29. The van der Waals surface area contributed by atoms with Crippen molar-refractivity contribution >= 4 is 52.0 Å². The van der Waals surface area contributed by atoms with Gasteiger partial charge in [-0.1, -0.05) is 66.2 Å². The van der Waals surface area contributed by atoms with Gasteiger partial charge in [-0.3, -0.25) is 9.35 Å². The van der Waals surface area contributed by atoms with Gasteiger partial charge in [-0.05, 0) is 41.8 Å². The van der Waals surface area contributed by atoms with Crippen LogP contribution < -0.4 is 16.1 Å². The van der Waals surface area contributed by atoms with Crippen LogP contribution in [0.1, 0.15) is 22.2 Å². The zero-order chi connectivity index (χ0) is 29.2. The van der Waals surface area contributed by atoms with Crippen molar-refractivity contribution in [1.82, 2.24) is 15.6 Å². The molecule has 0 saturated heterocycles. The van der Waals surface area contributed by atoms with Crippen LogP contribution in [0.4, 0.5) is 10.5 Å². The van der Waals surface area contributed by atoms with Crippen LogP contribution >= 0.6 is 22.9 Å². The van der Waals surface area contributed by atoms with Gasteiger partial charge in [-0.15, -0.1) is 15.6 Å². The van der Waals surface area contributed by atoms with Crippen molar-refractivity contribution in [2.24, 2.45) is 0 Å². The Bertz CT molecular complexity index is 1470. The lowest BCUT2D eigenvalue weighted by atomic mass is 10.0. The molecule has 4 aromatic rings. The highest BCUT2D eigenvalue weighted by atomic mass is 35.5. The van der Waals surface area contributed by atoms with Crippen LogP contribution in [0.2, 0.25) is 5.02 Å². The number of ether oxygens (including phenoxy) is 1. The molecule has 0 aliphatic rings. The molecule has 0 aliphatic heterocycles. The van der Waals surface area contributed by atoms with Gasteiger partial charge < -0.3 is 15.4 Å². The van der Waals surface area contributed by atoms with Crippen LogP contribution in [-0.2, 0) is 38.0 Å². The van der Waals surface area contributed by atoms with E-state index < -0.39 is 35.4 Å². The third kappa shape index (κ3) is 9.10. The number of alkyl carbamates (subject to hydrolysis) is 1. The summed E-state index contributed by atoms with van der Waals surface area (Å²) in [6.45, 7) is 0. The molecule has 0 spiro atoms. The van der Waals surface area contributed by atoms with Crippen LogP contribution in [0.3, 0.4) is 0 Å². The van der Waals surface area contributed by atoms with E-state index >= 15 is 0 Å². The Morgan fingerprint density at radius 1 is 0.976 bits per heavy atom. The van der Waals surface area contributed by atoms with E-state index in [1.165, 1.54) is 18.4 Å². The van der Waals surface area contributed by atoms with Gasteiger partial charge in [-0.2, -0.15) is 4.21 Å². The summed E-state index contributed by atoms with van der Waals surface area (Å²) in [6.07, 6.45) is -0.0801. The molecule has 1 heterocycles. The number of carbonyl (C=O) groups is 2. The minimum absolute atomic E-state index is 0.259. The van der Waals surface area contributed by atoms with E-state index in [-0.39, 0.29) is 6.42 Å². The maximum atomic E-state index is 13.6. The fourth-order valence-corrected chi connectivity index (χ4v) is 5.13. The molecule has 2 amide bonds. The standard InChI is InChI=1S/C28H27ClN4O6S2/c1-38-28(35)32-23(15-18-5-3-2-4-6-18)26(34)30-24(16-19-7-13-22(14-8-19)33-39-41(36)37)27-31-25(17-40-27)20-9-11-21(29)12-10-20/h2-14,17,23-24,33H,15-16H2,1H3,(H,30,34)(H,32,35)(H,36,37)/t23-,24-/m0/s1. The SMILES string of the molecule is COC(=O)N[C@@H](Cc1ccccc1)C(=O)N[C@@H](Cc1ccc(NOS(=O)O)cc1)c1nc(-c2ccc(Cl)cc2)cs1. The lowest BCUT2D eigenvalue weighted by molar-refractivity contribution is -0.123. The average molecular weight is 615 g/mol. The molecule has 0 radical (unpaired) electrons. The minimum Gasteiger partial charge on any atom is -0.453 e. The Balaban J connectivity index is 1.59. The first-order chi connectivity index (χ1) is 19.8. The highest BCUT2D eigenvalue weighted by molar-refractivity contribution is 7.74. The van der Waals surface area contributed by atoms with Crippen LogP contribution in [0.5, 0.6) is 0 Å². The minimum atomic E-state index is -2.46. The van der Waals surface area contributed by atoms with E-state index in [1.54, 1.807) is 36.4 Å². The van der Waals surface area contributed by atoms with Gasteiger partial charge >= 0.3 is 17.5 Å². The first-order valence-corrected chi connectivity index (χ1v) is 14.6.